The smallest absolute Gasteiger partial charge is 0.416 e. The molecule has 0 radical (unpaired) electrons. The summed E-state index contributed by atoms with van der Waals surface area (Å²) in [5.41, 5.74) is 4.28. The van der Waals surface area contributed by atoms with E-state index in [1.165, 1.54) is 6.07 Å². The molecular weight excluding hydrogens is 543 g/mol. The zero-order valence-electron chi connectivity index (χ0n) is 23.4. The van der Waals surface area contributed by atoms with Gasteiger partial charge in [0.1, 0.15) is 5.75 Å². The number of carbonyl (C=O) groups is 2. The Kier molecular flexibility index (Phi) is 9.68. The highest BCUT2D eigenvalue weighted by molar-refractivity contribution is 5.84. The predicted molar refractivity (Wildman–Crippen MR) is 156 cm³/mol. The van der Waals surface area contributed by atoms with Gasteiger partial charge in [-0.25, -0.2) is 0 Å². The molecule has 0 fully saturated rings. The van der Waals surface area contributed by atoms with E-state index in [-0.39, 0.29) is 18.7 Å². The molecule has 42 heavy (non-hydrogen) atoms. The van der Waals surface area contributed by atoms with Crippen molar-refractivity contribution in [3.8, 4) is 28.0 Å². The van der Waals surface area contributed by atoms with Crippen molar-refractivity contribution in [1.82, 2.24) is 4.90 Å². The number of rotatable bonds is 11. The third kappa shape index (κ3) is 8.00. The molecule has 0 aromatic heterocycles. The molecule has 0 unspecified atom stereocenters. The molecule has 0 aliphatic rings. The summed E-state index contributed by atoms with van der Waals surface area (Å²) in [5, 5.41) is 9.12. The summed E-state index contributed by atoms with van der Waals surface area (Å²) in [7, 11) is 3.34. The summed E-state index contributed by atoms with van der Waals surface area (Å²) in [6.07, 6.45) is -3.42. The van der Waals surface area contributed by atoms with Gasteiger partial charge < -0.3 is 14.7 Å². The molecule has 0 spiro atoms. The molecule has 4 aromatic carbocycles. The number of aryl methyl sites for hydroxylation is 2. The zero-order chi connectivity index (χ0) is 30.3. The van der Waals surface area contributed by atoms with Crippen LogP contribution in [0.3, 0.4) is 0 Å². The van der Waals surface area contributed by atoms with Crippen molar-refractivity contribution in [2.24, 2.45) is 0 Å². The molecule has 0 saturated heterocycles. The van der Waals surface area contributed by atoms with Gasteiger partial charge in [-0.2, -0.15) is 13.2 Å². The Hall–Kier alpha value is -4.59. The Labute approximate surface area is 243 Å². The summed E-state index contributed by atoms with van der Waals surface area (Å²) in [6, 6.07) is 25.7. The van der Waals surface area contributed by atoms with Gasteiger partial charge in [-0.3, -0.25) is 9.59 Å². The van der Waals surface area contributed by atoms with E-state index in [0.29, 0.717) is 41.6 Å². The third-order valence-corrected chi connectivity index (χ3v) is 7.06. The van der Waals surface area contributed by atoms with Crippen molar-refractivity contribution in [2.45, 2.75) is 38.4 Å². The van der Waals surface area contributed by atoms with E-state index in [0.717, 1.165) is 34.6 Å². The second-order valence-corrected chi connectivity index (χ2v) is 10.2. The lowest BCUT2D eigenvalue weighted by atomic mass is 9.90. The predicted octanol–water partition coefficient (Wildman–Crippen LogP) is 7.66. The first kappa shape index (κ1) is 30.4. The fraction of sp³-hybridized carbons (Fsp3) is 0.235. The van der Waals surface area contributed by atoms with Crippen LogP contribution < -0.4 is 4.74 Å². The fourth-order valence-corrected chi connectivity index (χ4v) is 4.82. The van der Waals surface area contributed by atoms with Crippen molar-refractivity contribution in [2.75, 3.05) is 14.2 Å². The number of methoxy groups -OCH3 is 1. The third-order valence-electron chi connectivity index (χ3n) is 7.06. The number of halogens is 3. The van der Waals surface area contributed by atoms with Gasteiger partial charge in [-0.05, 0) is 82.1 Å². The highest BCUT2D eigenvalue weighted by atomic mass is 19.4. The number of nitrogens with zero attached hydrogens (tertiary/aromatic N) is 1. The maximum absolute atomic E-state index is 13.5. The maximum atomic E-state index is 13.5. The summed E-state index contributed by atoms with van der Waals surface area (Å²) in [4.78, 5) is 25.7. The first-order valence-electron chi connectivity index (χ1n) is 13.5. The van der Waals surface area contributed by atoms with Crippen LogP contribution in [0.25, 0.3) is 22.3 Å². The normalized spacial score (nSPS) is 11.3. The topological polar surface area (TPSA) is 66.8 Å². The zero-order valence-corrected chi connectivity index (χ0v) is 23.4. The van der Waals surface area contributed by atoms with Crippen LogP contribution in [0.15, 0.2) is 91.0 Å². The Balaban J connectivity index is 1.58. The van der Waals surface area contributed by atoms with Gasteiger partial charge in [0.05, 0.1) is 12.7 Å². The number of hydrogen-bond donors (Lipinski definition) is 1. The van der Waals surface area contributed by atoms with Crippen LogP contribution in [0, 0.1) is 0 Å². The second-order valence-electron chi connectivity index (χ2n) is 10.2. The Morgan fingerprint density at radius 3 is 2.12 bits per heavy atom. The average Bonchev–Trinajstić information content (AvgIpc) is 2.98. The molecule has 4 aromatic rings. The number of alkyl halides is 3. The first-order valence-corrected chi connectivity index (χ1v) is 13.5. The van der Waals surface area contributed by atoms with Crippen LogP contribution in [0.2, 0.25) is 0 Å². The lowest BCUT2D eigenvalue weighted by Crippen LogP contribution is -2.26. The quantitative estimate of drug-likeness (QED) is 0.199. The molecule has 5 nitrogen and oxygen atoms in total. The summed E-state index contributed by atoms with van der Waals surface area (Å²) in [6.45, 7) is 0.361. The van der Waals surface area contributed by atoms with Crippen LogP contribution in [-0.4, -0.2) is 36.0 Å². The van der Waals surface area contributed by atoms with E-state index in [4.69, 9.17) is 9.84 Å². The molecule has 1 amide bonds. The van der Waals surface area contributed by atoms with Crippen LogP contribution in [0.1, 0.15) is 35.1 Å². The monoisotopic (exact) mass is 575 g/mol. The van der Waals surface area contributed by atoms with Gasteiger partial charge in [-0.1, -0.05) is 60.7 Å². The van der Waals surface area contributed by atoms with Gasteiger partial charge in [0.15, 0.2) is 0 Å². The SMILES string of the molecule is COc1cccc(CCC(=O)N(C)Cc2cccc(-c3ccc(CCC(=O)O)cc3-c3cccc(C(F)(F)F)c3)c2)c1. The lowest BCUT2D eigenvalue weighted by molar-refractivity contribution is -0.138. The molecule has 0 aliphatic heterocycles. The van der Waals surface area contributed by atoms with Crippen molar-refractivity contribution >= 4 is 11.9 Å². The van der Waals surface area contributed by atoms with Crippen molar-refractivity contribution in [3.05, 3.63) is 113 Å². The minimum atomic E-state index is -4.50. The Morgan fingerprint density at radius 1 is 0.762 bits per heavy atom. The van der Waals surface area contributed by atoms with E-state index in [1.54, 1.807) is 37.3 Å². The lowest BCUT2D eigenvalue weighted by Gasteiger charge is -2.19. The minimum absolute atomic E-state index is 0.0179. The fourth-order valence-electron chi connectivity index (χ4n) is 4.82. The van der Waals surface area contributed by atoms with Gasteiger partial charge in [0.25, 0.3) is 0 Å². The van der Waals surface area contributed by atoms with Crippen molar-refractivity contribution in [3.63, 3.8) is 0 Å². The summed E-state index contributed by atoms with van der Waals surface area (Å²) < 4.78 is 45.8. The highest BCUT2D eigenvalue weighted by Crippen LogP contribution is 2.37. The number of aliphatic carboxylic acids is 1. The molecule has 4 rings (SSSR count). The van der Waals surface area contributed by atoms with Crippen LogP contribution >= 0.6 is 0 Å². The van der Waals surface area contributed by atoms with E-state index in [1.807, 2.05) is 54.6 Å². The van der Waals surface area contributed by atoms with Crippen molar-refractivity contribution < 1.29 is 32.6 Å². The number of carboxylic acids is 1. The number of ether oxygens (including phenoxy) is 1. The summed E-state index contributed by atoms with van der Waals surface area (Å²) >= 11 is 0. The maximum Gasteiger partial charge on any atom is 0.416 e. The average molecular weight is 576 g/mol. The molecule has 0 saturated carbocycles. The molecule has 0 heterocycles. The first-order chi connectivity index (χ1) is 20.0. The number of benzene rings is 4. The Morgan fingerprint density at radius 2 is 1.40 bits per heavy atom. The van der Waals surface area contributed by atoms with Gasteiger partial charge >= 0.3 is 12.1 Å². The van der Waals surface area contributed by atoms with Crippen LogP contribution in [0.5, 0.6) is 5.75 Å². The van der Waals surface area contributed by atoms with Crippen LogP contribution in [0.4, 0.5) is 13.2 Å². The van der Waals surface area contributed by atoms with E-state index >= 15 is 0 Å². The highest BCUT2D eigenvalue weighted by Gasteiger charge is 2.30. The molecule has 0 aliphatic carbocycles. The molecule has 8 heteroatoms. The van der Waals surface area contributed by atoms with E-state index in [2.05, 4.69) is 0 Å². The van der Waals surface area contributed by atoms with Crippen LogP contribution in [-0.2, 0) is 35.2 Å². The van der Waals surface area contributed by atoms with E-state index < -0.39 is 17.7 Å². The van der Waals surface area contributed by atoms with Gasteiger partial charge in [-0.15, -0.1) is 0 Å². The largest absolute Gasteiger partial charge is 0.497 e. The standard InChI is InChI=1S/C34H32F3NO4/c1-38(32(39)16-13-23-6-4-11-29(19-23)42-2)22-25-7-3-8-26(18-25)30-15-12-24(14-17-33(40)41)20-31(30)27-9-5-10-28(21-27)34(35,36)37/h3-12,15,18-21H,13-14,16-17,22H2,1-2H3,(H,40,41). The number of carboxylic acid groups (broad SMARTS) is 1. The molecular formula is C34H32F3NO4. The second kappa shape index (κ2) is 13.4. The molecule has 0 bridgehead atoms. The van der Waals surface area contributed by atoms with Crippen molar-refractivity contribution in [1.29, 1.82) is 0 Å². The molecule has 1 N–H and O–H groups in total. The Bertz CT molecular complexity index is 1560. The molecule has 218 valence electrons. The van der Waals surface area contributed by atoms with E-state index in [9.17, 15) is 22.8 Å². The van der Waals surface area contributed by atoms with Gasteiger partial charge in [0, 0.05) is 26.4 Å². The molecule has 0 atom stereocenters. The summed E-state index contributed by atoms with van der Waals surface area (Å²) in [5.74, 6) is -0.227. The minimum Gasteiger partial charge on any atom is -0.497 e. The number of amides is 1. The number of hydrogen-bond acceptors (Lipinski definition) is 3. The van der Waals surface area contributed by atoms with Gasteiger partial charge in [0.2, 0.25) is 5.91 Å². The number of carbonyl (C=O) groups excluding carboxylic acids is 1.